The van der Waals surface area contributed by atoms with Crippen LogP contribution in [-0.2, 0) is 14.3 Å². The predicted octanol–water partition coefficient (Wildman–Crippen LogP) is -0.521. The number of nitrogens with two attached hydrogens (primary N) is 1. The summed E-state index contributed by atoms with van der Waals surface area (Å²) in [5.74, 6) is -0.522. The van der Waals surface area contributed by atoms with E-state index in [9.17, 15) is 9.59 Å². The van der Waals surface area contributed by atoms with Crippen LogP contribution in [0.1, 0.15) is 25.7 Å². The largest absolute Gasteiger partial charge is 0.469 e. The number of carbonyl (C=O) groups excluding carboxylic acids is 2. The third-order valence-electron chi connectivity index (χ3n) is 3.24. The Morgan fingerprint density at radius 1 is 1.39 bits per heavy atom. The van der Waals surface area contributed by atoms with Crippen molar-refractivity contribution in [1.82, 2.24) is 10.2 Å². The van der Waals surface area contributed by atoms with Crippen LogP contribution in [0.4, 0.5) is 0 Å². The molecule has 1 heterocycles. The molecule has 0 bridgehead atoms. The number of rotatable bonds is 7. The Labute approximate surface area is 108 Å². The van der Waals surface area contributed by atoms with Gasteiger partial charge >= 0.3 is 5.97 Å². The lowest BCUT2D eigenvalue weighted by atomic mass is 10.0. The first-order valence-electron chi connectivity index (χ1n) is 6.43. The molecule has 0 aliphatic carbocycles. The number of nitrogens with one attached hydrogen (secondary N) is 1. The molecule has 1 saturated heterocycles. The zero-order valence-electron chi connectivity index (χ0n) is 11.0. The zero-order valence-corrected chi connectivity index (χ0v) is 11.0. The molecule has 6 heteroatoms. The highest BCUT2D eigenvalue weighted by Gasteiger charge is 2.22. The van der Waals surface area contributed by atoms with E-state index in [1.165, 1.54) is 7.11 Å². The normalized spacial score (nSPS) is 16.8. The van der Waals surface area contributed by atoms with E-state index >= 15 is 0 Å². The quantitative estimate of drug-likeness (QED) is 0.599. The molecule has 1 amide bonds. The number of primary amides is 1. The lowest BCUT2D eigenvalue weighted by Crippen LogP contribution is -2.46. The van der Waals surface area contributed by atoms with Crippen molar-refractivity contribution >= 4 is 11.9 Å². The summed E-state index contributed by atoms with van der Waals surface area (Å²) in [5.41, 5.74) is 5.27. The SMILES string of the molecule is COC(=O)CCCN(CC(N)=O)C1CCNCC1. The second kappa shape index (κ2) is 8.05. The van der Waals surface area contributed by atoms with Crippen molar-refractivity contribution in [2.24, 2.45) is 5.73 Å². The van der Waals surface area contributed by atoms with Crippen LogP contribution in [0.25, 0.3) is 0 Å². The van der Waals surface area contributed by atoms with E-state index < -0.39 is 0 Å². The Bertz CT molecular complexity index is 278. The van der Waals surface area contributed by atoms with Gasteiger partial charge < -0.3 is 15.8 Å². The van der Waals surface area contributed by atoms with Crippen molar-refractivity contribution in [2.45, 2.75) is 31.7 Å². The molecule has 0 aromatic rings. The van der Waals surface area contributed by atoms with E-state index in [0.29, 0.717) is 25.4 Å². The van der Waals surface area contributed by atoms with E-state index in [-0.39, 0.29) is 18.4 Å². The number of amides is 1. The van der Waals surface area contributed by atoms with E-state index in [1.807, 2.05) is 0 Å². The van der Waals surface area contributed by atoms with Crippen LogP contribution in [0.2, 0.25) is 0 Å². The fourth-order valence-corrected chi connectivity index (χ4v) is 2.29. The van der Waals surface area contributed by atoms with Gasteiger partial charge in [0.25, 0.3) is 0 Å². The number of carbonyl (C=O) groups is 2. The highest BCUT2D eigenvalue weighted by Crippen LogP contribution is 2.12. The van der Waals surface area contributed by atoms with Crippen molar-refractivity contribution in [2.75, 3.05) is 33.3 Å². The van der Waals surface area contributed by atoms with Gasteiger partial charge in [0, 0.05) is 12.5 Å². The molecule has 1 fully saturated rings. The third-order valence-corrected chi connectivity index (χ3v) is 3.24. The Morgan fingerprint density at radius 2 is 2.06 bits per heavy atom. The molecule has 0 saturated carbocycles. The maximum Gasteiger partial charge on any atom is 0.305 e. The summed E-state index contributed by atoms with van der Waals surface area (Å²) in [4.78, 5) is 24.2. The summed E-state index contributed by atoms with van der Waals surface area (Å²) in [7, 11) is 1.39. The molecule has 104 valence electrons. The van der Waals surface area contributed by atoms with Crippen LogP contribution in [0.3, 0.4) is 0 Å². The summed E-state index contributed by atoms with van der Waals surface area (Å²) in [6.07, 6.45) is 3.12. The van der Waals surface area contributed by atoms with Crippen LogP contribution < -0.4 is 11.1 Å². The molecule has 18 heavy (non-hydrogen) atoms. The van der Waals surface area contributed by atoms with E-state index in [1.54, 1.807) is 0 Å². The minimum atomic E-state index is -0.313. The number of methoxy groups -OCH3 is 1. The fourth-order valence-electron chi connectivity index (χ4n) is 2.29. The average molecular weight is 257 g/mol. The van der Waals surface area contributed by atoms with Gasteiger partial charge in [-0.2, -0.15) is 0 Å². The van der Waals surface area contributed by atoms with Crippen molar-refractivity contribution in [3.63, 3.8) is 0 Å². The number of hydrogen-bond acceptors (Lipinski definition) is 5. The van der Waals surface area contributed by atoms with Gasteiger partial charge in [0.05, 0.1) is 13.7 Å². The first kappa shape index (κ1) is 14.9. The number of ether oxygens (including phenoxy) is 1. The zero-order chi connectivity index (χ0) is 13.4. The van der Waals surface area contributed by atoms with Crippen LogP contribution in [0.15, 0.2) is 0 Å². The molecule has 0 spiro atoms. The van der Waals surface area contributed by atoms with Gasteiger partial charge in [-0.1, -0.05) is 0 Å². The van der Waals surface area contributed by atoms with E-state index in [0.717, 1.165) is 25.9 Å². The van der Waals surface area contributed by atoms with Crippen molar-refractivity contribution in [1.29, 1.82) is 0 Å². The summed E-state index contributed by atoms with van der Waals surface area (Å²) >= 11 is 0. The number of piperidine rings is 1. The van der Waals surface area contributed by atoms with Crippen LogP contribution >= 0.6 is 0 Å². The Balaban J connectivity index is 2.39. The molecule has 6 nitrogen and oxygen atoms in total. The van der Waals surface area contributed by atoms with Gasteiger partial charge in [-0.25, -0.2) is 0 Å². The summed E-state index contributed by atoms with van der Waals surface area (Å²) < 4.78 is 4.60. The van der Waals surface area contributed by atoms with Crippen molar-refractivity contribution < 1.29 is 14.3 Å². The average Bonchev–Trinajstić information content (AvgIpc) is 2.38. The Kier molecular flexibility index (Phi) is 6.67. The second-order valence-corrected chi connectivity index (χ2v) is 4.60. The first-order chi connectivity index (χ1) is 8.63. The summed E-state index contributed by atoms with van der Waals surface area (Å²) in [6.45, 7) is 2.92. The highest BCUT2D eigenvalue weighted by molar-refractivity contribution is 5.76. The summed E-state index contributed by atoms with van der Waals surface area (Å²) in [5, 5.41) is 3.29. The molecule has 0 radical (unpaired) electrons. The van der Waals surface area contributed by atoms with E-state index in [4.69, 9.17) is 5.73 Å². The predicted molar refractivity (Wildman–Crippen MR) is 67.9 cm³/mol. The fraction of sp³-hybridized carbons (Fsp3) is 0.833. The smallest absolute Gasteiger partial charge is 0.305 e. The first-order valence-corrected chi connectivity index (χ1v) is 6.43. The van der Waals surface area contributed by atoms with Crippen LogP contribution in [0.5, 0.6) is 0 Å². The highest BCUT2D eigenvalue weighted by atomic mass is 16.5. The second-order valence-electron chi connectivity index (χ2n) is 4.60. The van der Waals surface area contributed by atoms with Crippen molar-refractivity contribution in [3.8, 4) is 0 Å². The molecule has 1 aliphatic heterocycles. The molecular weight excluding hydrogens is 234 g/mol. The number of nitrogens with zero attached hydrogens (tertiary/aromatic N) is 1. The van der Waals surface area contributed by atoms with Crippen molar-refractivity contribution in [3.05, 3.63) is 0 Å². The van der Waals surface area contributed by atoms with E-state index in [2.05, 4.69) is 15.0 Å². The third kappa shape index (κ3) is 5.46. The Morgan fingerprint density at radius 3 is 2.61 bits per heavy atom. The van der Waals surface area contributed by atoms with Gasteiger partial charge in [0.15, 0.2) is 0 Å². The maximum atomic E-state index is 11.1. The van der Waals surface area contributed by atoms with Crippen LogP contribution in [0, 0.1) is 0 Å². The number of esters is 1. The van der Waals surface area contributed by atoms with Gasteiger partial charge in [-0.05, 0) is 38.9 Å². The molecule has 0 aromatic heterocycles. The topological polar surface area (TPSA) is 84.7 Å². The molecule has 1 rings (SSSR count). The lowest BCUT2D eigenvalue weighted by Gasteiger charge is -2.33. The van der Waals surface area contributed by atoms with Gasteiger partial charge in [-0.3, -0.25) is 14.5 Å². The minimum Gasteiger partial charge on any atom is -0.469 e. The molecule has 0 aromatic carbocycles. The standard InChI is InChI=1S/C12H23N3O3/c1-18-12(17)3-2-8-15(9-11(13)16)10-4-6-14-7-5-10/h10,14H,2-9H2,1H3,(H2,13,16). The molecule has 0 atom stereocenters. The monoisotopic (exact) mass is 257 g/mol. The minimum absolute atomic E-state index is 0.209. The van der Waals surface area contributed by atoms with Gasteiger partial charge in [0.1, 0.15) is 0 Å². The molecule has 1 aliphatic rings. The molecule has 3 N–H and O–H groups in total. The molecule has 0 unspecified atom stereocenters. The Hall–Kier alpha value is -1.14. The molecular formula is C12H23N3O3. The van der Waals surface area contributed by atoms with Crippen LogP contribution in [-0.4, -0.2) is 56.1 Å². The lowest BCUT2D eigenvalue weighted by molar-refractivity contribution is -0.140. The van der Waals surface area contributed by atoms with Gasteiger partial charge in [-0.15, -0.1) is 0 Å². The van der Waals surface area contributed by atoms with Gasteiger partial charge in [0.2, 0.25) is 5.91 Å². The number of hydrogen-bond donors (Lipinski definition) is 2. The maximum absolute atomic E-state index is 11.1. The summed E-state index contributed by atoms with van der Waals surface area (Å²) in [6, 6.07) is 0.386.